The largest absolute Gasteiger partial charge is 0.373 e. The summed E-state index contributed by atoms with van der Waals surface area (Å²) < 4.78 is 21.0. The van der Waals surface area contributed by atoms with Gasteiger partial charge < -0.3 is 10.5 Å². The summed E-state index contributed by atoms with van der Waals surface area (Å²) in [6.45, 7) is 4.84. The van der Waals surface area contributed by atoms with Gasteiger partial charge in [-0.25, -0.2) is 4.39 Å². The Bertz CT molecular complexity index is 458. The Hall–Kier alpha value is -0.450. The lowest BCUT2D eigenvalue weighted by Crippen LogP contribution is -2.46. The molecule has 0 aliphatic heterocycles. The van der Waals surface area contributed by atoms with Crippen LogP contribution < -0.4 is 5.73 Å². The second kappa shape index (κ2) is 6.54. The summed E-state index contributed by atoms with van der Waals surface area (Å²) in [4.78, 5) is 0. The Morgan fingerprint density at radius 2 is 2.10 bits per heavy atom. The molecule has 1 aliphatic rings. The monoisotopic (exact) mass is 343 g/mol. The molecule has 1 saturated carbocycles. The predicted octanol–water partition coefficient (Wildman–Crippen LogP) is 4.57. The van der Waals surface area contributed by atoms with Gasteiger partial charge in [0.15, 0.2) is 0 Å². The van der Waals surface area contributed by atoms with Gasteiger partial charge in [-0.15, -0.1) is 0 Å². The van der Waals surface area contributed by atoms with E-state index in [1.54, 1.807) is 12.1 Å². The second-order valence-corrected chi connectivity index (χ2v) is 6.74. The molecule has 2 nitrogen and oxygen atoms in total. The van der Waals surface area contributed by atoms with Crippen molar-refractivity contribution in [2.75, 3.05) is 6.61 Å². The normalized spacial score (nSPS) is 28.4. The molecule has 0 bridgehead atoms. The number of nitrogens with two attached hydrogens (primary N) is 1. The number of hydrogen-bond acceptors (Lipinski definition) is 2. The molecule has 1 aliphatic carbocycles. The molecule has 112 valence electrons. The predicted molar refractivity (Wildman–Crippen MR) is 83.0 cm³/mol. The maximum Gasteiger partial charge on any atom is 0.128 e. The third-order valence-corrected chi connectivity index (χ3v) is 4.91. The fourth-order valence-corrected chi connectivity index (χ4v) is 3.50. The highest BCUT2D eigenvalue weighted by atomic mass is 79.9. The minimum atomic E-state index is -0.428. The van der Waals surface area contributed by atoms with Crippen LogP contribution in [0.3, 0.4) is 0 Å². The van der Waals surface area contributed by atoms with Crippen molar-refractivity contribution >= 4 is 15.9 Å². The first-order valence-electron chi connectivity index (χ1n) is 7.33. The fraction of sp³-hybridized carbons (Fsp3) is 0.625. The van der Waals surface area contributed by atoms with Crippen molar-refractivity contribution in [3.8, 4) is 0 Å². The first-order valence-corrected chi connectivity index (χ1v) is 8.12. The van der Waals surface area contributed by atoms with Gasteiger partial charge in [0.05, 0.1) is 11.6 Å². The van der Waals surface area contributed by atoms with Gasteiger partial charge in [0.1, 0.15) is 5.82 Å². The van der Waals surface area contributed by atoms with Crippen molar-refractivity contribution in [2.45, 2.75) is 51.2 Å². The van der Waals surface area contributed by atoms with Gasteiger partial charge in [-0.05, 0) is 56.7 Å². The van der Waals surface area contributed by atoms with Gasteiger partial charge in [-0.3, -0.25) is 0 Å². The minimum Gasteiger partial charge on any atom is -0.373 e. The number of benzene rings is 1. The van der Waals surface area contributed by atoms with E-state index in [9.17, 15) is 4.39 Å². The summed E-state index contributed by atoms with van der Waals surface area (Å²) in [5.41, 5.74) is 6.54. The lowest BCUT2D eigenvalue weighted by molar-refractivity contribution is -0.0902. The molecule has 2 N–H and O–H groups in total. The molecule has 1 aromatic carbocycles. The van der Waals surface area contributed by atoms with E-state index in [0.29, 0.717) is 18.1 Å². The molecule has 20 heavy (non-hydrogen) atoms. The summed E-state index contributed by atoms with van der Waals surface area (Å²) in [6, 6.07) is 4.51. The molecule has 4 heteroatoms. The standard InChI is InChI=1S/C16H23BrFNO/c1-3-20-16(8-6-11(2)7-9-16)15(19)13-10-12(17)4-5-14(13)18/h4-5,10-11,15H,3,6-9,19H2,1-2H3. The zero-order valence-corrected chi connectivity index (χ0v) is 13.7. The van der Waals surface area contributed by atoms with Gasteiger partial charge in [-0.2, -0.15) is 0 Å². The smallest absolute Gasteiger partial charge is 0.128 e. The van der Waals surface area contributed by atoms with Crippen LogP contribution in [0.4, 0.5) is 4.39 Å². The zero-order valence-electron chi connectivity index (χ0n) is 12.2. The molecule has 2 rings (SSSR count). The van der Waals surface area contributed by atoms with E-state index in [1.165, 1.54) is 6.07 Å². The summed E-state index contributed by atoms with van der Waals surface area (Å²) in [7, 11) is 0. The molecule has 1 unspecified atom stereocenters. The van der Waals surface area contributed by atoms with Crippen LogP contribution in [0.25, 0.3) is 0 Å². The van der Waals surface area contributed by atoms with E-state index in [-0.39, 0.29) is 5.82 Å². The molecular formula is C16H23BrFNO. The summed E-state index contributed by atoms with van der Waals surface area (Å²) >= 11 is 3.39. The third kappa shape index (κ3) is 3.23. The Labute approximate surface area is 129 Å². The highest BCUT2D eigenvalue weighted by Gasteiger charge is 2.42. The number of ether oxygens (including phenoxy) is 1. The van der Waals surface area contributed by atoms with Crippen molar-refractivity contribution in [2.24, 2.45) is 11.7 Å². The Kier molecular flexibility index (Phi) is 5.21. The van der Waals surface area contributed by atoms with E-state index in [1.807, 2.05) is 6.92 Å². The summed E-state index contributed by atoms with van der Waals surface area (Å²) in [5, 5.41) is 0. The molecular weight excluding hydrogens is 321 g/mol. The van der Waals surface area contributed by atoms with Crippen LogP contribution in [0.2, 0.25) is 0 Å². The summed E-state index contributed by atoms with van der Waals surface area (Å²) in [5.74, 6) is 0.446. The lowest BCUT2D eigenvalue weighted by Gasteiger charge is -2.43. The van der Waals surface area contributed by atoms with Crippen LogP contribution in [0.1, 0.15) is 51.1 Å². The van der Waals surface area contributed by atoms with Crippen LogP contribution >= 0.6 is 15.9 Å². The number of hydrogen-bond donors (Lipinski definition) is 1. The third-order valence-electron chi connectivity index (χ3n) is 4.41. The van der Waals surface area contributed by atoms with E-state index in [0.717, 1.165) is 30.2 Å². The van der Waals surface area contributed by atoms with Crippen LogP contribution in [-0.2, 0) is 4.74 Å². The molecule has 0 amide bonds. The van der Waals surface area contributed by atoms with Crippen molar-refractivity contribution in [1.29, 1.82) is 0 Å². The van der Waals surface area contributed by atoms with E-state index in [4.69, 9.17) is 10.5 Å². The van der Waals surface area contributed by atoms with Gasteiger partial charge >= 0.3 is 0 Å². The highest BCUT2D eigenvalue weighted by Crippen LogP contribution is 2.43. The van der Waals surface area contributed by atoms with Crippen LogP contribution in [0, 0.1) is 11.7 Å². The lowest BCUT2D eigenvalue weighted by atomic mass is 9.73. The highest BCUT2D eigenvalue weighted by molar-refractivity contribution is 9.10. The molecule has 0 aromatic heterocycles. The van der Waals surface area contributed by atoms with Crippen molar-refractivity contribution in [3.63, 3.8) is 0 Å². The summed E-state index contributed by atoms with van der Waals surface area (Å²) in [6.07, 6.45) is 3.97. The molecule has 1 fully saturated rings. The minimum absolute atomic E-state index is 0.251. The van der Waals surface area contributed by atoms with Crippen molar-refractivity contribution in [1.82, 2.24) is 0 Å². The van der Waals surface area contributed by atoms with Crippen LogP contribution in [0.15, 0.2) is 22.7 Å². The molecule has 1 atom stereocenters. The SMILES string of the molecule is CCOC1(C(N)c2cc(Br)ccc2F)CCC(C)CC1. The maximum absolute atomic E-state index is 14.1. The van der Waals surface area contributed by atoms with Crippen molar-refractivity contribution in [3.05, 3.63) is 34.1 Å². The van der Waals surface area contributed by atoms with Gasteiger partial charge in [0.25, 0.3) is 0 Å². The van der Waals surface area contributed by atoms with Gasteiger partial charge in [-0.1, -0.05) is 22.9 Å². The molecule has 0 saturated heterocycles. The first kappa shape index (κ1) is 15.9. The Morgan fingerprint density at radius 1 is 1.45 bits per heavy atom. The number of rotatable bonds is 4. The van der Waals surface area contributed by atoms with E-state index < -0.39 is 11.6 Å². The molecule has 0 spiro atoms. The zero-order chi connectivity index (χ0) is 14.8. The molecule has 0 heterocycles. The number of halogens is 2. The van der Waals surface area contributed by atoms with Crippen LogP contribution in [-0.4, -0.2) is 12.2 Å². The Balaban J connectivity index is 2.31. The fourth-order valence-electron chi connectivity index (χ4n) is 3.12. The molecule has 0 radical (unpaired) electrons. The Morgan fingerprint density at radius 3 is 2.70 bits per heavy atom. The van der Waals surface area contributed by atoms with Crippen molar-refractivity contribution < 1.29 is 9.13 Å². The van der Waals surface area contributed by atoms with Crippen LogP contribution in [0.5, 0.6) is 0 Å². The van der Waals surface area contributed by atoms with Gasteiger partial charge in [0.2, 0.25) is 0 Å². The topological polar surface area (TPSA) is 35.2 Å². The second-order valence-electron chi connectivity index (χ2n) is 5.82. The quantitative estimate of drug-likeness (QED) is 0.868. The average molecular weight is 344 g/mol. The van der Waals surface area contributed by atoms with E-state index >= 15 is 0 Å². The van der Waals surface area contributed by atoms with E-state index in [2.05, 4.69) is 22.9 Å². The van der Waals surface area contributed by atoms with Gasteiger partial charge in [0, 0.05) is 16.6 Å². The molecule has 1 aromatic rings. The maximum atomic E-state index is 14.1. The first-order chi connectivity index (χ1) is 9.48. The average Bonchev–Trinajstić information content (AvgIpc) is 2.44.